The maximum atomic E-state index is 12.5. The van der Waals surface area contributed by atoms with Crippen molar-refractivity contribution < 1.29 is 14.1 Å². The molecule has 0 aliphatic carbocycles. The van der Waals surface area contributed by atoms with Crippen molar-refractivity contribution in [3.63, 3.8) is 0 Å². The third kappa shape index (κ3) is 4.23. The highest BCUT2D eigenvalue weighted by Crippen LogP contribution is 2.23. The highest BCUT2D eigenvalue weighted by atomic mass is 35.5. The summed E-state index contributed by atoms with van der Waals surface area (Å²) in [5, 5.41) is 4.40. The van der Waals surface area contributed by atoms with E-state index in [1.807, 2.05) is 13.1 Å². The van der Waals surface area contributed by atoms with E-state index in [2.05, 4.69) is 10.1 Å². The molecule has 2 heterocycles. The van der Waals surface area contributed by atoms with Crippen molar-refractivity contribution in [3.05, 3.63) is 41.0 Å². The first-order chi connectivity index (χ1) is 12.4. The molecule has 0 unspecified atom stereocenters. The van der Waals surface area contributed by atoms with Crippen molar-refractivity contribution in [1.29, 1.82) is 0 Å². The van der Waals surface area contributed by atoms with Gasteiger partial charge in [-0.2, -0.15) is 0 Å². The number of carbonyl (C=O) groups excluding carboxylic acids is 2. The van der Waals surface area contributed by atoms with Gasteiger partial charge in [-0.3, -0.25) is 9.59 Å². The summed E-state index contributed by atoms with van der Waals surface area (Å²) in [6.07, 6.45) is 0. The Hall–Kier alpha value is -2.38. The Kier molecular flexibility index (Phi) is 5.58. The van der Waals surface area contributed by atoms with Gasteiger partial charge in [0, 0.05) is 49.9 Å². The predicted octanol–water partition coefficient (Wildman–Crippen LogP) is 1.84. The van der Waals surface area contributed by atoms with Crippen LogP contribution in [0.2, 0.25) is 5.02 Å². The van der Waals surface area contributed by atoms with E-state index in [1.54, 1.807) is 36.2 Å². The summed E-state index contributed by atoms with van der Waals surface area (Å²) in [7, 11) is 3.61. The smallest absolute Gasteiger partial charge is 0.276 e. The molecule has 0 radical (unpaired) electrons. The van der Waals surface area contributed by atoms with Gasteiger partial charge in [-0.25, -0.2) is 0 Å². The number of aromatic nitrogens is 1. The van der Waals surface area contributed by atoms with Gasteiger partial charge in [0.1, 0.15) is 0 Å². The van der Waals surface area contributed by atoms with Crippen LogP contribution in [0.1, 0.15) is 10.5 Å². The zero-order valence-corrected chi connectivity index (χ0v) is 15.6. The van der Waals surface area contributed by atoms with Crippen LogP contribution >= 0.6 is 11.6 Å². The zero-order valence-electron chi connectivity index (χ0n) is 14.8. The normalized spacial score (nSPS) is 15.1. The molecule has 2 aromatic rings. The number of halogens is 1. The molecule has 7 nitrogen and oxygen atoms in total. The van der Waals surface area contributed by atoms with E-state index >= 15 is 0 Å². The maximum Gasteiger partial charge on any atom is 0.276 e. The summed E-state index contributed by atoms with van der Waals surface area (Å²) in [5.74, 6) is 0.0339. The van der Waals surface area contributed by atoms with E-state index in [4.69, 9.17) is 16.1 Å². The number of carbonyl (C=O) groups is 2. The van der Waals surface area contributed by atoms with Gasteiger partial charge in [-0.15, -0.1) is 0 Å². The molecular formula is C18H21ClN4O3. The van der Waals surface area contributed by atoms with Gasteiger partial charge in [0.2, 0.25) is 5.91 Å². The lowest BCUT2D eigenvalue weighted by Crippen LogP contribution is -2.50. The van der Waals surface area contributed by atoms with Crippen molar-refractivity contribution >= 4 is 23.4 Å². The molecule has 1 aromatic heterocycles. The number of benzene rings is 1. The minimum Gasteiger partial charge on any atom is -0.355 e. The number of likely N-dealkylation sites (N-methyl/N-ethyl adjacent to an activating group) is 2. The molecule has 1 fully saturated rings. The van der Waals surface area contributed by atoms with Crippen LogP contribution in [0.3, 0.4) is 0 Å². The molecule has 0 atom stereocenters. The highest BCUT2D eigenvalue weighted by Gasteiger charge is 2.24. The molecule has 26 heavy (non-hydrogen) atoms. The lowest BCUT2D eigenvalue weighted by atomic mass is 10.1. The molecule has 1 aliphatic rings. The Labute approximate surface area is 157 Å². The average molecular weight is 377 g/mol. The zero-order chi connectivity index (χ0) is 18.7. The lowest BCUT2D eigenvalue weighted by Gasteiger charge is -2.33. The first kappa shape index (κ1) is 18.4. The first-order valence-corrected chi connectivity index (χ1v) is 8.76. The Bertz CT molecular complexity index is 799. The monoisotopic (exact) mass is 376 g/mol. The van der Waals surface area contributed by atoms with Crippen molar-refractivity contribution in [2.24, 2.45) is 0 Å². The quantitative estimate of drug-likeness (QED) is 0.814. The van der Waals surface area contributed by atoms with Crippen molar-refractivity contribution in [2.45, 2.75) is 0 Å². The van der Waals surface area contributed by atoms with E-state index in [0.717, 1.165) is 18.7 Å². The summed E-state index contributed by atoms with van der Waals surface area (Å²) >= 11 is 5.97. The van der Waals surface area contributed by atoms with Crippen LogP contribution < -0.4 is 0 Å². The Morgan fingerprint density at radius 3 is 2.65 bits per heavy atom. The third-order valence-electron chi connectivity index (χ3n) is 4.41. The first-order valence-electron chi connectivity index (χ1n) is 8.38. The minimum atomic E-state index is -0.357. The number of hydrogen-bond acceptors (Lipinski definition) is 5. The molecule has 138 valence electrons. The second kappa shape index (κ2) is 7.88. The molecule has 1 saturated heterocycles. The summed E-state index contributed by atoms with van der Waals surface area (Å²) < 4.78 is 5.25. The van der Waals surface area contributed by atoms with Crippen LogP contribution in [0.25, 0.3) is 11.3 Å². The second-order valence-corrected chi connectivity index (χ2v) is 6.87. The van der Waals surface area contributed by atoms with Crippen LogP contribution in [0.15, 0.2) is 34.9 Å². The Morgan fingerprint density at radius 1 is 1.23 bits per heavy atom. The van der Waals surface area contributed by atoms with Gasteiger partial charge in [0.15, 0.2) is 11.5 Å². The molecule has 0 spiro atoms. The number of rotatable bonds is 4. The molecule has 0 saturated carbocycles. The van der Waals surface area contributed by atoms with E-state index in [-0.39, 0.29) is 24.1 Å². The predicted molar refractivity (Wildman–Crippen MR) is 98.0 cm³/mol. The standard InChI is InChI=1S/C18H21ClN4O3/c1-21-6-8-23(9-7-21)17(24)12-22(2)18(25)15-11-16(26-20-15)13-4-3-5-14(19)10-13/h3-5,10-11H,6-9,12H2,1-2H3. The van der Waals surface area contributed by atoms with Crippen molar-refractivity contribution in [3.8, 4) is 11.3 Å². The fourth-order valence-electron chi connectivity index (χ4n) is 2.78. The Morgan fingerprint density at radius 2 is 1.96 bits per heavy atom. The van der Waals surface area contributed by atoms with Gasteiger partial charge in [-0.1, -0.05) is 28.9 Å². The molecule has 0 bridgehead atoms. The van der Waals surface area contributed by atoms with Gasteiger partial charge >= 0.3 is 0 Å². The van der Waals surface area contributed by atoms with Crippen LogP contribution in [-0.2, 0) is 4.79 Å². The minimum absolute atomic E-state index is 0.0158. The molecule has 3 rings (SSSR count). The average Bonchev–Trinajstić information content (AvgIpc) is 3.11. The lowest BCUT2D eigenvalue weighted by molar-refractivity contribution is -0.133. The van der Waals surface area contributed by atoms with Crippen LogP contribution in [0.4, 0.5) is 0 Å². The van der Waals surface area contributed by atoms with Crippen LogP contribution in [0, 0.1) is 0 Å². The maximum absolute atomic E-state index is 12.5. The van der Waals surface area contributed by atoms with Gasteiger partial charge in [0.05, 0.1) is 6.54 Å². The van der Waals surface area contributed by atoms with Crippen LogP contribution in [0.5, 0.6) is 0 Å². The van der Waals surface area contributed by atoms with Gasteiger partial charge in [0.25, 0.3) is 5.91 Å². The van der Waals surface area contributed by atoms with Gasteiger partial charge in [-0.05, 0) is 19.2 Å². The van der Waals surface area contributed by atoms with E-state index in [9.17, 15) is 9.59 Å². The number of piperazine rings is 1. The van der Waals surface area contributed by atoms with Crippen molar-refractivity contribution in [2.75, 3.05) is 46.8 Å². The van der Waals surface area contributed by atoms with E-state index in [1.165, 1.54) is 4.90 Å². The number of amides is 2. The highest BCUT2D eigenvalue weighted by molar-refractivity contribution is 6.30. The second-order valence-electron chi connectivity index (χ2n) is 6.43. The van der Waals surface area contributed by atoms with E-state index in [0.29, 0.717) is 23.9 Å². The largest absolute Gasteiger partial charge is 0.355 e. The summed E-state index contributed by atoms with van der Waals surface area (Å²) in [6.45, 7) is 3.06. The Balaban J connectivity index is 1.63. The summed E-state index contributed by atoms with van der Waals surface area (Å²) in [5.41, 5.74) is 0.897. The molecule has 8 heteroatoms. The van der Waals surface area contributed by atoms with Crippen molar-refractivity contribution in [1.82, 2.24) is 19.9 Å². The molecule has 1 aromatic carbocycles. The fourth-order valence-corrected chi connectivity index (χ4v) is 2.97. The molecule has 2 amide bonds. The molecule has 1 aliphatic heterocycles. The topological polar surface area (TPSA) is 69.9 Å². The summed E-state index contributed by atoms with van der Waals surface area (Å²) in [6, 6.07) is 8.66. The SMILES string of the molecule is CN1CCN(C(=O)CN(C)C(=O)c2cc(-c3cccc(Cl)c3)on2)CC1. The molecular weight excluding hydrogens is 356 g/mol. The van der Waals surface area contributed by atoms with Gasteiger partial charge < -0.3 is 19.2 Å². The fraction of sp³-hybridized carbons (Fsp3) is 0.389. The molecule has 0 N–H and O–H groups in total. The van der Waals surface area contributed by atoms with E-state index < -0.39 is 0 Å². The van der Waals surface area contributed by atoms with Crippen LogP contribution in [-0.4, -0.2) is 78.5 Å². The number of nitrogens with zero attached hydrogens (tertiary/aromatic N) is 4. The third-order valence-corrected chi connectivity index (χ3v) is 4.65. The number of hydrogen-bond donors (Lipinski definition) is 0. The summed E-state index contributed by atoms with van der Waals surface area (Å²) in [4.78, 5) is 30.2.